The van der Waals surface area contributed by atoms with Crippen molar-refractivity contribution in [1.82, 2.24) is 25.2 Å². The number of unbranched alkanes of at least 4 members (excludes halogenated alkanes) is 2. The third-order valence-electron chi connectivity index (χ3n) is 6.27. The fourth-order valence-electron chi connectivity index (χ4n) is 4.35. The van der Waals surface area contributed by atoms with Gasteiger partial charge in [-0.25, -0.2) is 9.97 Å². The van der Waals surface area contributed by atoms with Crippen molar-refractivity contribution in [2.24, 2.45) is 11.7 Å². The molecule has 4 N–H and O–H groups in total. The van der Waals surface area contributed by atoms with Crippen LogP contribution in [0.2, 0.25) is 0 Å². The third-order valence-corrected chi connectivity index (χ3v) is 6.27. The fourth-order valence-corrected chi connectivity index (χ4v) is 4.35. The van der Waals surface area contributed by atoms with E-state index in [9.17, 15) is 9.59 Å². The maximum absolute atomic E-state index is 12.8. The number of nitrogens with two attached hydrogens (primary N) is 1. The number of rotatable bonds is 11. The third kappa shape index (κ3) is 5.53. The summed E-state index contributed by atoms with van der Waals surface area (Å²) in [5, 5.41) is 4.18. The molecule has 1 aromatic carbocycles. The lowest BCUT2D eigenvalue weighted by Crippen LogP contribution is -2.52. The molecule has 2 aromatic heterocycles. The molecule has 1 atom stereocenters. The molecular weight excluding hydrogens is 432 g/mol. The molecule has 180 valence electrons. The Hall–Kier alpha value is -3.46. The van der Waals surface area contributed by atoms with E-state index in [-0.39, 0.29) is 23.8 Å². The van der Waals surface area contributed by atoms with Gasteiger partial charge in [-0.1, -0.05) is 31.0 Å². The zero-order valence-electron chi connectivity index (χ0n) is 19.7. The maximum atomic E-state index is 12.8. The average Bonchev–Trinajstić information content (AvgIpc) is 3.30. The summed E-state index contributed by atoms with van der Waals surface area (Å²) in [6, 6.07) is 9.65. The van der Waals surface area contributed by atoms with Crippen LogP contribution in [-0.2, 0) is 9.59 Å². The number of fused-ring (bicyclic) bond motifs is 1. The molecule has 1 fully saturated rings. The second kappa shape index (κ2) is 10.6. The number of carbonyl (C=O) groups is 2. The van der Waals surface area contributed by atoms with Crippen molar-refractivity contribution in [3.8, 4) is 17.1 Å². The maximum Gasteiger partial charge on any atom is 0.226 e. The zero-order valence-corrected chi connectivity index (χ0v) is 19.7. The molecule has 2 amide bonds. The molecule has 4 rings (SSSR count). The summed E-state index contributed by atoms with van der Waals surface area (Å²) in [5.74, 6) is 0.969. The van der Waals surface area contributed by atoms with Crippen molar-refractivity contribution in [3.63, 3.8) is 0 Å². The molecule has 3 heterocycles. The summed E-state index contributed by atoms with van der Waals surface area (Å²) in [6.07, 6.45) is 5.30. The summed E-state index contributed by atoms with van der Waals surface area (Å²) < 4.78 is 5.55. The van der Waals surface area contributed by atoms with E-state index >= 15 is 0 Å². The first-order valence-electron chi connectivity index (χ1n) is 11.7. The number of primary amides is 1. The monoisotopic (exact) mass is 464 g/mol. The second-order valence-corrected chi connectivity index (χ2v) is 8.96. The van der Waals surface area contributed by atoms with E-state index in [1.54, 1.807) is 13.3 Å². The summed E-state index contributed by atoms with van der Waals surface area (Å²) in [5.41, 5.74) is 7.69. The van der Waals surface area contributed by atoms with Gasteiger partial charge in [0.1, 0.15) is 5.82 Å². The van der Waals surface area contributed by atoms with Crippen LogP contribution in [0, 0.1) is 5.92 Å². The van der Waals surface area contributed by atoms with Gasteiger partial charge < -0.3 is 25.7 Å². The van der Waals surface area contributed by atoms with Crippen molar-refractivity contribution in [2.45, 2.75) is 38.1 Å². The van der Waals surface area contributed by atoms with Gasteiger partial charge in [-0.3, -0.25) is 9.59 Å². The van der Waals surface area contributed by atoms with E-state index in [1.807, 2.05) is 37.4 Å². The van der Waals surface area contributed by atoms with Crippen molar-refractivity contribution in [3.05, 3.63) is 42.4 Å². The number of aromatic amines is 1. The van der Waals surface area contributed by atoms with Crippen LogP contribution < -0.4 is 15.8 Å². The molecule has 1 aliphatic heterocycles. The summed E-state index contributed by atoms with van der Waals surface area (Å²) in [6.45, 7) is 1.53. The Morgan fingerprint density at radius 2 is 2.06 bits per heavy atom. The van der Waals surface area contributed by atoms with Gasteiger partial charge in [-0.15, -0.1) is 0 Å². The molecule has 1 saturated heterocycles. The number of imidazole rings is 1. The Morgan fingerprint density at radius 1 is 1.26 bits per heavy atom. The van der Waals surface area contributed by atoms with E-state index < -0.39 is 0 Å². The SMILES string of the molecule is COc1nc2ccccc2cc1-c1cnc([C@H](CCCCCC(N)=O)NC(=O)C2CN(C)C2)[nH]1. The van der Waals surface area contributed by atoms with Gasteiger partial charge in [0.05, 0.1) is 42.0 Å². The van der Waals surface area contributed by atoms with Crippen LogP contribution in [0.15, 0.2) is 36.5 Å². The van der Waals surface area contributed by atoms with Gasteiger partial charge in [0, 0.05) is 24.9 Å². The fraction of sp³-hybridized carbons (Fsp3) is 0.440. The molecule has 0 radical (unpaired) electrons. The number of H-pyrrole nitrogens is 1. The van der Waals surface area contributed by atoms with Crippen LogP contribution in [0.3, 0.4) is 0 Å². The Balaban J connectivity index is 1.53. The predicted octanol–water partition coefficient (Wildman–Crippen LogP) is 2.79. The first kappa shape index (κ1) is 23.7. The van der Waals surface area contributed by atoms with Crippen molar-refractivity contribution >= 4 is 22.7 Å². The van der Waals surface area contributed by atoms with Gasteiger partial charge in [0.25, 0.3) is 0 Å². The molecule has 9 heteroatoms. The van der Waals surface area contributed by atoms with E-state index in [0.717, 1.165) is 54.5 Å². The molecule has 1 aliphatic rings. The Morgan fingerprint density at radius 3 is 2.79 bits per heavy atom. The minimum Gasteiger partial charge on any atom is -0.480 e. The number of hydrogen-bond donors (Lipinski definition) is 3. The summed E-state index contributed by atoms with van der Waals surface area (Å²) in [7, 11) is 3.60. The highest BCUT2D eigenvalue weighted by molar-refractivity contribution is 5.85. The Bertz CT molecular complexity index is 1150. The molecular formula is C25H32N6O3. The van der Waals surface area contributed by atoms with Crippen molar-refractivity contribution in [2.75, 3.05) is 27.2 Å². The van der Waals surface area contributed by atoms with Crippen LogP contribution in [0.5, 0.6) is 5.88 Å². The molecule has 3 aromatic rings. The summed E-state index contributed by atoms with van der Waals surface area (Å²) in [4.78, 5) is 38.5. The number of methoxy groups -OCH3 is 1. The topological polar surface area (TPSA) is 126 Å². The van der Waals surface area contributed by atoms with Crippen molar-refractivity contribution in [1.29, 1.82) is 0 Å². The van der Waals surface area contributed by atoms with E-state index in [1.165, 1.54) is 0 Å². The number of nitrogens with one attached hydrogen (secondary N) is 2. The number of para-hydroxylation sites is 1. The van der Waals surface area contributed by atoms with Crippen LogP contribution in [0.4, 0.5) is 0 Å². The molecule has 0 spiro atoms. The number of pyridine rings is 1. The highest BCUT2D eigenvalue weighted by Crippen LogP contribution is 2.31. The number of aromatic nitrogens is 3. The first-order valence-corrected chi connectivity index (χ1v) is 11.7. The normalized spacial score (nSPS) is 15.1. The highest BCUT2D eigenvalue weighted by atomic mass is 16.5. The van der Waals surface area contributed by atoms with Gasteiger partial charge >= 0.3 is 0 Å². The first-order chi connectivity index (χ1) is 16.4. The molecule has 0 aliphatic carbocycles. The van der Waals surface area contributed by atoms with E-state index in [0.29, 0.717) is 24.5 Å². The van der Waals surface area contributed by atoms with Gasteiger partial charge in [0.15, 0.2) is 0 Å². The zero-order chi connectivity index (χ0) is 24.1. The van der Waals surface area contributed by atoms with Crippen LogP contribution in [0.25, 0.3) is 22.2 Å². The minimum absolute atomic E-state index is 0.00146. The summed E-state index contributed by atoms with van der Waals surface area (Å²) >= 11 is 0. The molecule has 0 unspecified atom stereocenters. The average molecular weight is 465 g/mol. The number of benzene rings is 1. The van der Waals surface area contributed by atoms with Crippen molar-refractivity contribution < 1.29 is 14.3 Å². The minimum atomic E-state index is -0.285. The van der Waals surface area contributed by atoms with Crippen LogP contribution in [0.1, 0.15) is 44.0 Å². The number of likely N-dealkylation sites (tertiary alicyclic amines) is 1. The molecule has 0 saturated carbocycles. The molecule has 9 nitrogen and oxygen atoms in total. The van der Waals surface area contributed by atoms with Gasteiger partial charge in [-0.2, -0.15) is 0 Å². The van der Waals surface area contributed by atoms with Crippen LogP contribution in [-0.4, -0.2) is 58.9 Å². The number of carbonyl (C=O) groups excluding carboxylic acids is 2. The Labute approximate surface area is 199 Å². The lowest BCUT2D eigenvalue weighted by Gasteiger charge is -2.35. The predicted molar refractivity (Wildman–Crippen MR) is 130 cm³/mol. The standard InChI is InChI=1S/C25H32N6O3/c1-31-14-17(15-31)24(33)29-20(10-4-3-5-11-22(26)32)23-27-13-21(28-23)18-12-16-8-6-7-9-19(16)30-25(18)34-2/h6-9,12-13,17,20H,3-5,10-11,14-15H2,1-2H3,(H2,26,32)(H,27,28)(H,29,33)/t20-/m0/s1. The molecule has 34 heavy (non-hydrogen) atoms. The highest BCUT2D eigenvalue weighted by Gasteiger charge is 2.31. The lowest BCUT2D eigenvalue weighted by molar-refractivity contribution is -0.130. The second-order valence-electron chi connectivity index (χ2n) is 8.96. The quantitative estimate of drug-likeness (QED) is 0.375. The number of nitrogens with zero attached hydrogens (tertiary/aromatic N) is 3. The van der Waals surface area contributed by atoms with Gasteiger partial charge in [-0.05, 0) is 32.0 Å². The largest absolute Gasteiger partial charge is 0.480 e. The number of hydrogen-bond acceptors (Lipinski definition) is 6. The van der Waals surface area contributed by atoms with E-state index in [2.05, 4.69) is 25.2 Å². The van der Waals surface area contributed by atoms with Gasteiger partial charge in [0.2, 0.25) is 17.7 Å². The number of amides is 2. The number of ether oxygens (including phenoxy) is 1. The molecule has 0 bridgehead atoms. The smallest absolute Gasteiger partial charge is 0.226 e. The van der Waals surface area contributed by atoms with E-state index in [4.69, 9.17) is 10.5 Å². The Kier molecular flexibility index (Phi) is 7.42. The van der Waals surface area contributed by atoms with Crippen LogP contribution >= 0.6 is 0 Å². The lowest BCUT2D eigenvalue weighted by atomic mass is 9.99.